The molecule has 0 spiro atoms. The van der Waals surface area contributed by atoms with Crippen molar-refractivity contribution in [2.45, 2.75) is 12.5 Å². The van der Waals surface area contributed by atoms with Crippen LogP contribution in [0, 0.1) is 0 Å². The van der Waals surface area contributed by atoms with Crippen LogP contribution in [-0.2, 0) is 11.2 Å². The molecule has 0 fully saturated rings. The molecule has 0 radical (unpaired) electrons. The Morgan fingerprint density at radius 3 is 2.73 bits per heavy atom. The monoisotopic (exact) mass is 246 g/mol. The molecule has 0 saturated heterocycles. The van der Waals surface area contributed by atoms with Crippen LogP contribution >= 0.6 is 23.2 Å². The van der Waals surface area contributed by atoms with Crippen LogP contribution in [0.4, 0.5) is 0 Å². The molecule has 1 unspecified atom stereocenters. The van der Waals surface area contributed by atoms with Gasteiger partial charge in [0.05, 0.1) is 6.04 Å². The molecule has 3 nitrogen and oxygen atoms in total. The molecule has 15 heavy (non-hydrogen) atoms. The Hall–Kier alpha value is -0.770. The Kier molecular flexibility index (Phi) is 4.39. The SMILES string of the molecule is CNC(=O)C(N)Cc1ccc(Cl)cc1Cl. The van der Waals surface area contributed by atoms with E-state index in [-0.39, 0.29) is 5.91 Å². The Labute approximate surface area is 98.5 Å². The highest BCUT2D eigenvalue weighted by Crippen LogP contribution is 2.21. The first kappa shape index (κ1) is 12.3. The van der Waals surface area contributed by atoms with E-state index >= 15 is 0 Å². The number of hydrogen-bond donors (Lipinski definition) is 2. The predicted octanol–water partition coefficient (Wildman–Crippen LogP) is 1.61. The maximum Gasteiger partial charge on any atom is 0.237 e. The van der Waals surface area contributed by atoms with E-state index in [1.807, 2.05) is 0 Å². The second-order valence-electron chi connectivity index (χ2n) is 3.16. The molecule has 0 saturated carbocycles. The number of nitrogens with two attached hydrogens (primary N) is 1. The number of hydrogen-bond acceptors (Lipinski definition) is 2. The van der Waals surface area contributed by atoms with E-state index < -0.39 is 6.04 Å². The molecule has 0 aliphatic carbocycles. The lowest BCUT2D eigenvalue weighted by Gasteiger charge is -2.11. The topological polar surface area (TPSA) is 55.1 Å². The lowest BCUT2D eigenvalue weighted by molar-refractivity contribution is -0.121. The van der Waals surface area contributed by atoms with Gasteiger partial charge < -0.3 is 11.1 Å². The maximum atomic E-state index is 11.2. The third-order valence-electron chi connectivity index (χ3n) is 2.04. The maximum absolute atomic E-state index is 11.2. The van der Waals surface area contributed by atoms with Crippen molar-refractivity contribution in [2.75, 3.05) is 7.05 Å². The molecule has 0 aliphatic rings. The lowest BCUT2D eigenvalue weighted by Crippen LogP contribution is -2.40. The highest BCUT2D eigenvalue weighted by molar-refractivity contribution is 6.35. The molecule has 1 aromatic rings. The fourth-order valence-corrected chi connectivity index (χ4v) is 1.69. The van der Waals surface area contributed by atoms with Gasteiger partial charge in [0.15, 0.2) is 0 Å². The summed E-state index contributed by atoms with van der Waals surface area (Å²) in [5.41, 5.74) is 6.48. The molecule has 0 heterocycles. The number of carbonyl (C=O) groups is 1. The Morgan fingerprint density at radius 2 is 2.20 bits per heavy atom. The van der Waals surface area contributed by atoms with E-state index in [0.29, 0.717) is 16.5 Å². The molecular formula is C10H12Cl2N2O. The molecule has 3 N–H and O–H groups in total. The Morgan fingerprint density at radius 1 is 1.53 bits per heavy atom. The zero-order valence-corrected chi connectivity index (χ0v) is 9.77. The van der Waals surface area contributed by atoms with Gasteiger partial charge in [-0.25, -0.2) is 0 Å². The summed E-state index contributed by atoms with van der Waals surface area (Å²) in [4.78, 5) is 11.2. The summed E-state index contributed by atoms with van der Waals surface area (Å²) in [6.07, 6.45) is 0.398. The van der Waals surface area contributed by atoms with Crippen LogP contribution in [0.3, 0.4) is 0 Å². The van der Waals surface area contributed by atoms with E-state index in [1.165, 1.54) is 0 Å². The van der Waals surface area contributed by atoms with E-state index in [1.54, 1.807) is 25.2 Å². The minimum atomic E-state index is -0.589. The molecule has 5 heteroatoms. The second kappa shape index (κ2) is 5.35. The van der Waals surface area contributed by atoms with Gasteiger partial charge in [-0.2, -0.15) is 0 Å². The molecular weight excluding hydrogens is 235 g/mol. The zero-order valence-electron chi connectivity index (χ0n) is 8.26. The van der Waals surface area contributed by atoms with Crippen LogP contribution in [0.15, 0.2) is 18.2 Å². The summed E-state index contributed by atoms with van der Waals surface area (Å²) in [6, 6.07) is 4.54. The van der Waals surface area contributed by atoms with Crippen LogP contribution in [0.25, 0.3) is 0 Å². The van der Waals surface area contributed by atoms with Crippen molar-refractivity contribution < 1.29 is 4.79 Å². The van der Waals surface area contributed by atoms with E-state index in [2.05, 4.69) is 5.32 Å². The van der Waals surface area contributed by atoms with Crippen LogP contribution in [0.2, 0.25) is 10.0 Å². The summed E-state index contributed by atoms with van der Waals surface area (Å²) in [5, 5.41) is 3.58. The predicted molar refractivity (Wildman–Crippen MR) is 62.2 cm³/mol. The number of rotatable bonds is 3. The van der Waals surface area contributed by atoms with Gasteiger partial charge in [-0.15, -0.1) is 0 Å². The average Bonchev–Trinajstić information content (AvgIpc) is 2.20. The molecule has 0 bridgehead atoms. The van der Waals surface area contributed by atoms with E-state index in [0.717, 1.165) is 5.56 Å². The number of benzene rings is 1. The lowest BCUT2D eigenvalue weighted by atomic mass is 10.1. The van der Waals surface area contributed by atoms with Gasteiger partial charge in [-0.1, -0.05) is 29.3 Å². The summed E-state index contributed by atoms with van der Waals surface area (Å²) in [7, 11) is 1.55. The first-order valence-corrected chi connectivity index (χ1v) is 5.21. The van der Waals surface area contributed by atoms with Crippen molar-refractivity contribution in [3.63, 3.8) is 0 Å². The number of nitrogens with one attached hydrogen (secondary N) is 1. The number of carbonyl (C=O) groups excluding carboxylic acids is 1. The minimum Gasteiger partial charge on any atom is -0.358 e. The van der Waals surface area contributed by atoms with Crippen LogP contribution in [0.5, 0.6) is 0 Å². The van der Waals surface area contributed by atoms with Crippen molar-refractivity contribution >= 4 is 29.1 Å². The fourth-order valence-electron chi connectivity index (χ4n) is 1.20. The van der Waals surface area contributed by atoms with Crippen LogP contribution < -0.4 is 11.1 Å². The zero-order chi connectivity index (χ0) is 11.4. The number of halogens is 2. The second-order valence-corrected chi connectivity index (χ2v) is 4.00. The van der Waals surface area contributed by atoms with Crippen molar-refractivity contribution in [3.8, 4) is 0 Å². The molecule has 0 aromatic heterocycles. The summed E-state index contributed by atoms with van der Waals surface area (Å²) < 4.78 is 0. The van der Waals surface area contributed by atoms with E-state index in [9.17, 15) is 4.79 Å². The Bertz CT molecular complexity index is 368. The highest BCUT2D eigenvalue weighted by atomic mass is 35.5. The van der Waals surface area contributed by atoms with Crippen LogP contribution in [-0.4, -0.2) is 19.0 Å². The van der Waals surface area contributed by atoms with Crippen molar-refractivity contribution in [1.82, 2.24) is 5.32 Å². The van der Waals surface area contributed by atoms with Crippen molar-refractivity contribution in [1.29, 1.82) is 0 Å². The third-order valence-corrected chi connectivity index (χ3v) is 2.63. The normalized spacial score (nSPS) is 12.3. The first-order valence-electron chi connectivity index (χ1n) is 4.45. The minimum absolute atomic E-state index is 0.207. The molecule has 1 aromatic carbocycles. The summed E-state index contributed by atoms with van der Waals surface area (Å²) >= 11 is 11.7. The van der Waals surface area contributed by atoms with Gasteiger partial charge in [0.2, 0.25) is 5.91 Å². The number of likely N-dealkylation sites (N-methyl/N-ethyl adjacent to an activating group) is 1. The van der Waals surface area contributed by atoms with Gasteiger partial charge in [0.1, 0.15) is 0 Å². The van der Waals surface area contributed by atoms with E-state index in [4.69, 9.17) is 28.9 Å². The molecule has 1 atom stereocenters. The van der Waals surface area contributed by atoms with Gasteiger partial charge in [0.25, 0.3) is 0 Å². The van der Waals surface area contributed by atoms with Crippen molar-refractivity contribution in [2.24, 2.45) is 5.73 Å². The van der Waals surface area contributed by atoms with Gasteiger partial charge in [-0.3, -0.25) is 4.79 Å². The first-order chi connectivity index (χ1) is 7.04. The van der Waals surface area contributed by atoms with Gasteiger partial charge >= 0.3 is 0 Å². The molecule has 0 aliphatic heterocycles. The summed E-state index contributed by atoms with van der Waals surface area (Å²) in [6.45, 7) is 0. The molecule has 82 valence electrons. The average molecular weight is 247 g/mol. The quantitative estimate of drug-likeness (QED) is 0.852. The smallest absolute Gasteiger partial charge is 0.237 e. The third kappa shape index (κ3) is 3.38. The molecule has 1 rings (SSSR count). The summed E-state index contributed by atoms with van der Waals surface area (Å²) in [5.74, 6) is -0.207. The molecule has 1 amide bonds. The fraction of sp³-hybridized carbons (Fsp3) is 0.300. The van der Waals surface area contributed by atoms with Gasteiger partial charge in [-0.05, 0) is 24.1 Å². The highest BCUT2D eigenvalue weighted by Gasteiger charge is 2.13. The number of amides is 1. The van der Waals surface area contributed by atoms with Crippen LogP contribution in [0.1, 0.15) is 5.56 Å². The Balaban J connectivity index is 2.76. The van der Waals surface area contributed by atoms with Crippen molar-refractivity contribution in [3.05, 3.63) is 33.8 Å². The standard InChI is InChI=1S/C10H12Cl2N2O/c1-14-10(15)9(13)4-6-2-3-7(11)5-8(6)12/h2-3,5,9H,4,13H2,1H3,(H,14,15). The van der Waals surface area contributed by atoms with Gasteiger partial charge in [0, 0.05) is 17.1 Å². The largest absolute Gasteiger partial charge is 0.358 e.